The topological polar surface area (TPSA) is 12.9 Å². The zero-order valence-electron chi connectivity index (χ0n) is 20.4. The highest BCUT2D eigenvalue weighted by atomic mass is 32.1. The molecule has 5 aromatic rings. The van der Waals surface area contributed by atoms with Crippen LogP contribution in [-0.4, -0.2) is 4.98 Å². The molecule has 0 saturated heterocycles. The summed E-state index contributed by atoms with van der Waals surface area (Å²) in [5, 5.41) is 5.37. The first-order valence-corrected chi connectivity index (χ1v) is 13.1. The third kappa shape index (κ3) is 3.85. The van der Waals surface area contributed by atoms with Crippen LogP contribution in [0.2, 0.25) is 0 Å². The van der Waals surface area contributed by atoms with Crippen molar-refractivity contribution in [2.45, 2.75) is 59.3 Å². The lowest BCUT2D eigenvalue weighted by Gasteiger charge is -2.29. The summed E-state index contributed by atoms with van der Waals surface area (Å²) >= 11 is 1.88. The lowest BCUT2D eigenvalue weighted by molar-refractivity contribution is 0.443. The summed E-state index contributed by atoms with van der Waals surface area (Å²) in [5.41, 5.74) is 5.36. The molecule has 2 aromatic heterocycles. The third-order valence-corrected chi connectivity index (χ3v) is 8.63. The van der Waals surface area contributed by atoms with Gasteiger partial charge in [0.15, 0.2) is 0 Å². The van der Waals surface area contributed by atoms with Gasteiger partial charge in [0.05, 0.1) is 10.4 Å². The fourth-order valence-electron chi connectivity index (χ4n) is 5.13. The summed E-state index contributed by atoms with van der Waals surface area (Å²) in [4.78, 5) is 4.94. The maximum absolute atomic E-state index is 4.94. The van der Waals surface area contributed by atoms with Crippen molar-refractivity contribution < 1.29 is 0 Å². The van der Waals surface area contributed by atoms with Gasteiger partial charge in [-0.15, -0.1) is 11.3 Å². The summed E-state index contributed by atoms with van der Waals surface area (Å²) in [5.74, 6) is 0.659. The molecule has 0 amide bonds. The van der Waals surface area contributed by atoms with Crippen molar-refractivity contribution in [3.8, 4) is 11.3 Å². The maximum atomic E-state index is 4.94. The molecule has 0 N–H and O–H groups in total. The average Bonchev–Trinajstić information content (AvgIpc) is 3.20. The van der Waals surface area contributed by atoms with Crippen molar-refractivity contribution >= 4 is 42.3 Å². The number of hydrogen-bond donors (Lipinski definition) is 0. The molecular formula is C31H33NS. The van der Waals surface area contributed by atoms with E-state index in [0.717, 1.165) is 25.0 Å². The van der Waals surface area contributed by atoms with Gasteiger partial charge in [0.1, 0.15) is 0 Å². The van der Waals surface area contributed by atoms with Crippen molar-refractivity contribution in [2.24, 2.45) is 5.92 Å². The molecule has 5 rings (SSSR count). The molecule has 0 bridgehead atoms. The molecule has 1 nitrogen and oxygen atoms in total. The summed E-state index contributed by atoms with van der Waals surface area (Å²) in [7, 11) is 0. The van der Waals surface area contributed by atoms with E-state index in [-0.39, 0.29) is 5.41 Å². The standard InChI is InChI=1S/C31H33NS/c1-6-31(5,7-2)27-19-23(18-22-10-8-9-11-24(22)27)29-30-25(14-15-32-29)26-17-21(16-20(3)4)12-13-28(26)33-30/h8-15,17-20H,6-7,16H2,1-5H3. The Kier molecular flexibility index (Phi) is 5.74. The van der Waals surface area contributed by atoms with Crippen LogP contribution in [0.5, 0.6) is 0 Å². The Balaban J connectivity index is 1.76. The van der Waals surface area contributed by atoms with Crippen LogP contribution < -0.4 is 0 Å². The highest BCUT2D eigenvalue weighted by molar-refractivity contribution is 7.26. The fourth-order valence-corrected chi connectivity index (χ4v) is 6.32. The van der Waals surface area contributed by atoms with E-state index in [4.69, 9.17) is 4.98 Å². The monoisotopic (exact) mass is 451 g/mol. The number of nitrogens with zero attached hydrogens (tertiary/aromatic N) is 1. The van der Waals surface area contributed by atoms with E-state index in [9.17, 15) is 0 Å². The summed E-state index contributed by atoms with van der Waals surface area (Å²) in [6, 6.07) is 22.8. The number of hydrogen-bond acceptors (Lipinski definition) is 2. The fraction of sp³-hybridized carbons (Fsp3) is 0.323. The molecule has 168 valence electrons. The number of fused-ring (bicyclic) bond motifs is 4. The molecule has 2 heteroatoms. The second-order valence-corrected chi connectivity index (χ2v) is 11.1. The predicted octanol–water partition coefficient (Wildman–Crippen LogP) is 9.55. The molecule has 3 aromatic carbocycles. The van der Waals surface area contributed by atoms with Crippen molar-refractivity contribution in [3.05, 3.63) is 78.0 Å². The predicted molar refractivity (Wildman–Crippen MR) is 147 cm³/mol. The smallest absolute Gasteiger partial charge is 0.0880 e. The van der Waals surface area contributed by atoms with Gasteiger partial charge in [-0.25, -0.2) is 0 Å². The van der Waals surface area contributed by atoms with Crippen molar-refractivity contribution in [1.29, 1.82) is 0 Å². The van der Waals surface area contributed by atoms with Crippen LogP contribution in [0.15, 0.2) is 66.9 Å². The van der Waals surface area contributed by atoms with E-state index in [2.05, 4.69) is 95.3 Å². The number of thiophene rings is 1. The van der Waals surface area contributed by atoms with Gasteiger partial charge in [-0.05, 0) is 82.8 Å². The van der Waals surface area contributed by atoms with E-state index >= 15 is 0 Å². The van der Waals surface area contributed by atoms with Gasteiger partial charge in [-0.2, -0.15) is 0 Å². The lowest BCUT2D eigenvalue weighted by Crippen LogP contribution is -2.20. The van der Waals surface area contributed by atoms with Gasteiger partial charge in [0.25, 0.3) is 0 Å². The zero-order chi connectivity index (χ0) is 23.2. The largest absolute Gasteiger partial charge is 0.255 e. The molecule has 33 heavy (non-hydrogen) atoms. The molecular weight excluding hydrogens is 418 g/mol. The molecule has 0 spiro atoms. The Morgan fingerprint density at radius 1 is 0.879 bits per heavy atom. The quantitative estimate of drug-likeness (QED) is 0.250. The first kappa shape index (κ1) is 22.1. The molecule has 0 aliphatic rings. The Hall–Kier alpha value is -2.71. The molecule has 0 atom stereocenters. The molecule has 0 saturated carbocycles. The Morgan fingerprint density at radius 2 is 1.67 bits per heavy atom. The van der Waals surface area contributed by atoms with Crippen LogP contribution in [-0.2, 0) is 11.8 Å². The molecule has 0 aliphatic heterocycles. The molecule has 2 heterocycles. The second-order valence-electron chi connectivity index (χ2n) is 10.1. The molecule has 0 aliphatic carbocycles. The van der Waals surface area contributed by atoms with Crippen molar-refractivity contribution in [1.82, 2.24) is 4.98 Å². The SMILES string of the molecule is CCC(C)(CC)c1cc(-c2nccc3c2sc2ccc(CC(C)C)cc23)cc2ccccc12. The van der Waals surface area contributed by atoms with E-state index < -0.39 is 0 Å². The number of pyridine rings is 1. The normalized spacial score (nSPS) is 12.4. The third-order valence-electron chi connectivity index (χ3n) is 7.44. The first-order valence-electron chi connectivity index (χ1n) is 12.3. The molecule has 0 fully saturated rings. The summed E-state index contributed by atoms with van der Waals surface area (Å²) in [6.45, 7) is 11.6. The van der Waals surface area contributed by atoms with E-state index in [1.807, 2.05) is 17.5 Å². The zero-order valence-corrected chi connectivity index (χ0v) is 21.2. The van der Waals surface area contributed by atoms with E-state index in [0.29, 0.717) is 5.92 Å². The van der Waals surface area contributed by atoms with Gasteiger partial charge in [0, 0.05) is 27.2 Å². The lowest BCUT2D eigenvalue weighted by atomic mass is 9.75. The number of aromatic nitrogens is 1. The highest BCUT2D eigenvalue weighted by Crippen LogP contribution is 2.43. The Labute approximate surface area is 201 Å². The van der Waals surface area contributed by atoms with Crippen LogP contribution >= 0.6 is 11.3 Å². The molecule has 0 radical (unpaired) electrons. The van der Waals surface area contributed by atoms with Crippen molar-refractivity contribution in [2.75, 3.05) is 0 Å². The van der Waals surface area contributed by atoms with Crippen molar-refractivity contribution in [3.63, 3.8) is 0 Å². The van der Waals surface area contributed by atoms with E-state index in [1.165, 1.54) is 47.6 Å². The van der Waals surface area contributed by atoms with Gasteiger partial charge in [-0.1, -0.05) is 65.0 Å². The highest BCUT2D eigenvalue weighted by Gasteiger charge is 2.25. The van der Waals surface area contributed by atoms with Gasteiger partial charge >= 0.3 is 0 Å². The molecule has 0 unspecified atom stereocenters. The first-order chi connectivity index (χ1) is 15.9. The minimum absolute atomic E-state index is 0.148. The minimum atomic E-state index is 0.148. The van der Waals surface area contributed by atoms with E-state index in [1.54, 1.807) is 0 Å². The Bertz CT molecular complexity index is 1450. The summed E-state index contributed by atoms with van der Waals surface area (Å²) < 4.78 is 2.64. The van der Waals surface area contributed by atoms with Crippen LogP contribution in [0.3, 0.4) is 0 Å². The van der Waals surface area contributed by atoms with Gasteiger partial charge in [0.2, 0.25) is 0 Å². The van der Waals surface area contributed by atoms with Crippen LogP contribution in [0.25, 0.3) is 42.2 Å². The van der Waals surface area contributed by atoms with Crippen LogP contribution in [0.1, 0.15) is 58.6 Å². The minimum Gasteiger partial charge on any atom is -0.255 e. The number of benzene rings is 3. The second kappa shape index (κ2) is 8.57. The van der Waals surface area contributed by atoms with Crippen LogP contribution in [0.4, 0.5) is 0 Å². The Morgan fingerprint density at radius 3 is 2.42 bits per heavy atom. The van der Waals surface area contributed by atoms with Crippen LogP contribution in [0, 0.1) is 5.92 Å². The van der Waals surface area contributed by atoms with Gasteiger partial charge in [-0.3, -0.25) is 4.98 Å². The maximum Gasteiger partial charge on any atom is 0.0880 e. The number of rotatable bonds is 6. The average molecular weight is 452 g/mol. The summed E-state index contributed by atoms with van der Waals surface area (Å²) in [6.07, 6.45) is 5.35. The van der Waals surface area contributed by atoms with Gasteiger partial charge < -0.3 is 0 Å².